The van der Waals surface area contributed by atoms with E-state index in [4.69, 9.17) is 10.1 Å². The summed E-state index contributed by atoms with van der Waals surface area (Å²) in [4.78, 5) is 26.3. The maximum Gasteiger partial charge on any atom is 0.345 e. The van der Waals surface area contributed by atoms with E-state index in [-0.39, 0.29) is 29.5 Å². The molecule has 28 heavy (non-hydrogen) atoms. The molecule has 0 fully saturated rings. The second-order valence-electron chi connectivity index (χ2n) is 5.86. The zero-order chi connectivity index (χ0) is 20.3. The topological polar surface area (TPSA) is 90.7 Å². The van der Waals surface area contributed by atoms with E-state index in [1.165, 1.54) is 11.0 Å². The number of rotatable bonds is 5. The number of amidine groups is 1. The number of carbonyl (C=O) groups excluding carboxylic acids is 2. The van der Waals surface area contributed by atoms with Crippen molar-refractivity contribution in [3.05, 3.63) is 87.7 Å². The smallest absolute Gasteiger partial charge is 0.345 e. The molecule has 6 nitrogen and oxygen atoms in total. The molecule has 0 saturated carbocycles. The first kappa shape index (κ1) is 19.6. The van der Waals surface area contributed by atoms with Gasteiger partial charge in [-0.25, -0.2) is 4.79 Å². The van der Waals surface area contributed by atoms with Crippen molar-refractivity contribution in [2.45, 2.75) is 6.92 Å². The van der Waals surface area contributed by atoms with Crippen molar-refractivity contribution >= 4 is 39.2 Å². The van der Waals surface area contributed by atoms with Gasteiger partial charge in [0.05, 0.1) is 12.3 Å². The third-order valence-corrected chi connectivity index (χ3v) is 4.60. The number of anilines is 1. The molecular formula is C21H17BrN2O4. The fourth-order valence-corrected chi connectivity index (χ4v) is 3.04. The zero-order valence-electron chi connectivity index (χ0n) is 15.0. The summed E-state index contributed by atoms with van der Waals surface area (Å²) in [5.74, 6) is -1.90. The highest BCUT2D eigenvalue weighted by molar-refractivity contribution is 9.10. The van der Waals surface area contributed by atoms with Gasteiger partial charge in [-0.2, -0.15) is 0 Å². The number of aliphatic hydroxyl groups excluding tert-OH is 1. The highest BCUT2D eigenvalue weighted by Gasteiger charge is 2.38. The minimum absolute atomic E-state index is 0.0456. The average Bonchev–Trinajstić information content (AvgIpc) is 2.93. The minimum atomic E-state index is -0.817. The minimum Gasteiger partial charge on any atom is -0.505 e. The Morgan fingerprint density at radius 2 is 1.79 bits per heavy atom. The van der Waals surface area contributed by atoms with Crippen molar-refractivity contribution in [2.75, 3.05) is 11.5 Å². The van der Waals surface area contributed by atoms with Gasteiger partial charge in [0.15, 0.2) is 11.5 Å². The lowest BCUT2D eigenvalue weighted by molar-refractivity contribution is -0.138. The Morgan fingerprint density at radius 1 is 1.14 bits per heavy atom. The van der Waals surface area contributed by atoms with Crippen molar-refractivity contribution in [1.29, 1.82) is 5.41 Å². The molecule has 2 aromatic carbocycles. The number of ether oxygens (including phenoxy) is 1. The molecular weight excluding hydrogens is 424 g/mol. The first-order valence-electron chi connectivity index (χ1n) is 8.50. The van der Waals surface area contributed by atoms with Crippen molar-refractivity contribution in [2.24, 2.45) is 0 Å². The lowest BCUT2D eigenvalue weighted by Crippen LogP contribution is -2.27. The summed E-state index contributed by atoms with van der Waals surface area (Å²) in [7, 11) is 0. The highest BCUT2D eigenvalue weighted by Crippen LogP contribution is 2.34. The molecule has 2 N–H and O–H groups in total. The number of aliphatic hydroxyl groups is 1. The van der Waals surface area contributed by atoms with Crippen LogP contribution >= 0.6 is 15.9 Å². The van der Waals surface area contributed by atoms with Crippen molar-refractivity contribution < 1.29 is 19.4 Å². The summed E-state index contributed by atoms with van der Waals surface area (Å²) >= 11 is 3.35. The van der Waals surface area contributed by atoms with Gasteiger partial charge < -0.3 is 9.84 Å². The van der Waals surface area contributed by atoms with Crippen LogP contribution in [0.3, 0.4) is 0 Å². The maximum atomic E-state index is 12.7. The number of ketones is 1. The van der Waals surface area contributed by atoms with Crippen LogP contribution in [0.2, 0.25) is 0 Å². The second-order valence-corrected chi connectivity index (χ2v) is 6.78. The third-order valence-electron chi connectivity index (χ3n) is 4.07. The Bertz CT molecular complexity index is 995. The Morgan fingerprint density at radius 3 is 2.39 bits per heavy atom. The largest absolute Gasteiger partial charge is 0.505 e. The highest BCUT2D eigenvalue weighted by atomic mass is 79.9. The third kappa shape index (κ3) is 3.75. The summed E-state index contributed by atoms with van der Waals surface area (Å²) in [6, 6.07) is 15.5. The van der Waals surface area contributed by atoms with E-state index in [2.05, 4.69) is 15.9 Å². The second kappa shape index (κ2) is 8.22. The molecule has 0 bridgehead atoms. The molecule has 1 heterocycles. The molecule has 0 aromatic heterocycles. The summed E-state index contributed by atoms with van der Waals surface area (Å²) < 4.78 is 5.79. The maximum absolute atomic E-state index is 12.7. The van der Waals surface area contributed by atoms with E-state index in [1.54, 1.807) is 61.5 Å². The molecule has 0 saturated heterocycles. The lowest BCUT2D eigenvalue weighted by atomic mass is 10.1. The number of hydrogen-bond acceptors (Lipinski definition) is 5. The van der Waals surface area contributed by atoms with Crippen LogP contribution in [-0.4, -0.2) is 29.3 Å². The molecule has 0 spiro atoms. The van der Waals surface area contributed by atoms with Crippen LogP contribution < -0.4 is 4.90 Å². The zero-order valence-corrected chi connectivity index (χ0v) is 16.6. The number of carbonyl (C=O) groups is 2. The van der Waals surface area contributed by atoms with Crippen LogP contribution in [0.1, 0.15) is 17.3 Å². The Balaban J connectivity index is 2.10. The van der Waals surface area contributed by atoms with Gasteiger partial charge >= 0.3 is 5.97 Å². The summed E-state index contributed by atoms with van der Waals surface area (Å²) in [5, 5.41) is 19.1. The van der Waals surface area contributed by atoms with E-state index in [9.17, 15) is 14.7 Å². The van der Waals surface area contributed by atoms with Gasteiger partial charge in [-0.1, -0.05) is 46.3 Å². The first-order chi connectivity index (χ1) is 13.4. The fraction of sp³-hybridized carbons (Fsp3) is 0.0952. The Kier molecular flexibility index (Phi) is 5.75. The van der Waals surface area contributed by atoms with Gasteiger partial charge in [-0.15, -0.1) is 0 Å². The van der Waals surface area contributed by atoms with Crippen LogP contribution in [0.4, 0.5) is 5.69 Å². The molecule has 0 aliphatic carbocycles. The molecule has 2 aromatic rings. The molecule has 0 atom stereocenters. The molecule has 1 aliphatic heterocycles. The quantitative estimate of drug-likeness (QED) is 0.408. The number of benzene rings is 2. The Labute approximate surface area is 170 Å². The number of allylic oxidation sites excluding steroid dienone is 1. The predicted octanol–water partition coefficient (Wildman–Crippen LogP) is 4.39. The van der Waals surface area contributed by atoms with Crippen LogP contribution in [0.25, 0.3) is 0 Å². The molecule has 142 valence electrons. The molecule has 7 heteroatoms. The predicted molar refractivity (Wildman–Crippen MR) is 109 cm³/mol. The summed E-state index contributed by atoms with van der Waals surface area (Å²) in [6.07, 6.45) is 1.22. The Hall–Kier alpha value is -3.19. The standard InChI is InChI=1S/C21H17BrN2O4/c1-2-28-21(27)18-19(26)16(12-17(25)13-6-4-3-5-7-13)24(20(18)23)15-10-8-14(22)9-11-15/h3-12,23,26H,2H2,1H3/b16-12+,23-20?. The van der Waals surface area contributed by atoms with Crippen LogP contribution in [0.5, 0.6) is 0 Å². The molecule has 3 rings (SSSR count). The monoisotopic (exact) mass is 440 g/mol. The molecule has 0 amide bonds. The normalized spacial score (nSPS) is 15.3. The van der Waals surface area contributed by atoms with E-state index in [0.29, 0.717) is 11.3 Å². The van der Waals surface area contributed by atoms with Crippen molar-refractivity contribution in [3.8, 4) is 0 Å². The fourth-order valence-electron chi connectivity index (χ4n) is 2.78. The van der Waals surface area contributed by atoms with Gasteiger partial charge in [0, 0.05) is 21.8 Å². The SMILES string of the molecule is CCOC(=O)C1=C(O)/C(=C\C(=O)c2ccccc2)N(c2ccc(Br)cc2)C1=N. The lowest BCUT2D eigenvalue weighted by Gasteiger charge is -2.21. The van der Waals surface area contributed by atoms with Crippen LogP contribution in [0, 0.1) is 5.41 Å². The molecule has 0 radical (unpaired) electrons. The van der Waals surface area contributed by atoms with Gasteiger partial charge in [-0.05, 0) is 31.2 Å². The van der Waals surface area contributed by atoms with Crippen molar-refractivity contribution in [1.82, 2.24) is 0 Å². The summed E-state index contributed by atoms with van der Waals surface area (Å²) in [6.45, 7) is 1.74. The molecule has 1 aliphatic rings. The van der Waals surface area contributed by atoms with Gasteiger partial charge in [0.1, 0.15) is 11.4 Å². The summed E-state index contributed by atoms with van der Waals surface area (Å²) in [5.41, 5.74) is 0.710. The number of hydrogen-bond donors (Lipinski definition) is 2. The van der Waals surface area contributed by atoms with Gasteiger partial charge in [-0.3, -0.25) is 15.1 Å². The number of halogens is 1. The van der Waals surface area contributed by atoms with Crippen molar-refractivity contribution in [3.63, 3.8) is 0 Å². The van der Waals surface area contributed by atoms with E-state index in [0.717, 1.165) is 4.47 Å². The number of nitrogens with zero attached hydrogens (tertiary/aromatic N) is 1. The van der Waals surface area contributed by atoms with E-state index < -0.39 is 11.7 Å². The van der Waals surface area contributed by atoms with Gasteiger partial charge in [0.25, 0.3) is 0 Å². The number of esters is 1. The average molecular weight is 441 g/mol. The first-order valence-corrected chi connectivity index (χ1v) is 9.29. The van der Waals surface area contributed by atoms with Crippen LogP contribution in [0.15, 0.2) is 82.2 Å². The number of nitrogens with one attached hydrogen (secondary N) is 1. The van der Waals surface area contributed by atoms with Crippen LogP contribution in [-0.2, 0) is 9.53 Å². The molecule has 0 unspecified atom stereocenters. The van der Waals surface area contributed by atoms with E-state index >= 15 is 0 Å². The van der Waals surface area contributed by atoms with E-state index in [1.807, 2.05) is 0 Å². The van der Waals surface area contributed by atoms with Gasteiger partial charge in [0.2, 0.25) is 0 Å².